The Labute approximate surface area is 187 Å². The number of urea groups is 1. The van der Waals surface area contributed by atoms with Crippen molar-refractivity contribution in [3.05, 3.63) is 34.5 Å². The van der Waals surface area contributed by atoms with Gasteiger partial charge in [0.05, 0.1) is 18.5 Å². The summed E-state index contributed by atoms with van der Waals surface area (Å²) in [4.78, 5) is 12.7. The summed E-state index contributed by atoms with van der Waals surface area (Å²) in [6, 6.07) is 0.508. The lowest BCUT2D eigenvalue weighted by Gasteiger charge is -2.29. The second-order valence-corrected chi connectivity index (χ2v) is 10.2. The van der Waals surface area contributed by atoms with E-state index in [0.717, 1.165) is 5.56 Å². The van der Waals surface area contributed by atoms with Crippen molar-refractivity contribution in [1.29, 1.82) is 0 Å². The highest BCUT2D eigenvalue weighted by molar-refractivity contribution is 7.91. The number of ether oxygens (including phenoxy) is 1. The van der Waals surface area contributed by atoms with E-state index < -0.39 is 34.1 Å². The van der Waals surface area contributed by atoms with Crippen LogP contribution in [-0.4, -0.2) is 37.9 Å². The van der Waals surface area contributed by atoms with Crippen LogP contribution in [0.4, 0.5) is 23.7 Å². The molecule has 0 spiro atoms. The minimum absolute atomic E-state index is 0.0200. The molecule has 0 fully saturated rings. The third-order valence-electron chi connectivity index (χ3n) is 6.40. The van der Waals surface area contributed by atoms with Crippen molar-refractivity contribution >= 4 is 21.6 Å². The highest BCUT2D eigenvalue weighted by atomic mass is 32.2. The van der Waals surface area contributed by atoms with Crippen molar-refractivity contribution < 1.29 is 32.0 Å². The number of aromatic nitrogens is 2. The predicted octanol–water partition coefficient (Wildman–Crippen LogP) is 2.78. The first-order chi connectivity index (χ1) is 15.5. The van der Waals surface area contributed by atoms with E-state index >= 15 is 0 Å². The summed E-state index contributed by atoms with van der Waals surface area (Å²) in [7, 11) is -3.79. The van der Waals surface area contributed by atoms with Crippen molar-refractivity contribution in [2.24, 2.45) is 9.50 Å². The zero-order valence-electron chi connectivity index (χ0n) is 17.4. The van der Waals surface area contributed by atoms with Crippen molar-refractivity contribution in [3.8, 4) is 5.88 Å². The van der Waals surface area contributed by atoms with E-state index in [9.17, 15) is 27.3 Å². The van der Waals surface area contributed by atoms with E-state index in [1.807, 2.05) is 0 Å². The Morgan fingerprint density at radius 2 is 2.09 bits per heavy atom. The van der Waals surface area contributed by atoms with Gasteiger partial charge in [0.2, 0.25) is 5.88 Å². The van der Waals surface area contributed by atoms with Crippen LogP contribution in [-0.2, 0) is 41.3 Å². The highest BCUT2D eigenvalue weighted by Gasteiger charge is 2.59. The fraction of sp³-hybridized carbons (Fsp3) is 0.500. The number of hydrogen-bond acceptors (Lipinski definition) is 5. The number of amides is 2. The molecule has 2 atom stereocenters. The SMILES string of the molecule is NS(=O)(=NC(=O)Nc1c2c(cc3c1[C@@](O)(C(F)(F)F)CC3)CCC2)c1cnn2c1OCCC2. The predicted molar refractivity (Wildman–Crippen MR) is 111 cm³/mol. The largest absolute Gasteiger partial charge is 0.477 e. The summed E-state index contributed by atoms with van der Waals surface area (Å²) < 4.78 is 65.1. The molecule has 9 nitrogen and oxygen atoms in total. The van der Waals surface area contributed by atoms with Gasteiger partial charge in [0.25, 0.3) is 0 Å². The Balaban J connectivity index is 1.56. The fourth-order valence-electron chi connectivity index (χ4n) is 4.89. The topological polar surface area (TPSA) is 132 Å². The number of fused-ring (bicyclic) bond motifs is 3. The molecule has 0 radical (unpaired) electrons. The van der Waals surface area contributed by atoms with E-state index in [4.69, 9.17) is 9.88 Å². The number of aryl methyl sites for hydroxylation is 3. The van der Waals surface area contributed by atoms with Crippen molar-refractivity contribution in [2.45, 2.75) is 61.7 Å². The first-order valence-corrected chi connectivity index (χ1v) is 12.1. The molecule has 2 amide bonds. The molecule has 13 heteroatoms. The molecular weight excluding hydrogens is 463 g/mol. The van der Waals surface area contributed by atoms with Gasteiger partial charge in [-0.25, -0.2) is 18.8 Å². The molecule has 1 unspecified atom stereocenters. The smallest absolute Gasteiger partial charge is 0.421 e. The van der Waals surface area contributed by atoms with Crippen LogP contribution < -0.4 is 15.2 Å². The molecule has 0 bridgehead atoms. The molecule has 4 N–H and O–H groups in total. The summed E-state index contributed by atoms with van der Waals surface area (Å²) in [6.07, 6.45) is -1.75. The average Bonchev–Trinajstić information content (AvgIpc) is 3.44. The molecule has 2 aliphatic carbocycles. The van der Waals surface area contributed by atoms with Crippen LogP contribution in [0.5, 0.6) is 5.88 Å². The zero-order valence-corrected chi connectivity index (χ0v) is 18.3. The molecular formula is C20H22F3N5O4S. The number of anilines is 1. The normalized spacial score (nSPS) is 23.2. The van der Waals surface area contributed by atoms with Gasteiger partial charge in [-0.15, -0.1) is 4.36 Å². The number of nitrogens with two attached hydrogens (primary N) is 1. The van der Waals surface area contributed by atoms with Crippen LogP contribution in [0.3, 0.4) is 0 Å². The molecule has 0 saturated heterocycles. The molecule has 5 rings (SSSR count). The van der Waals surface area contributed by atoms with Gasteiger partial charge in [-0.1, -0.05) is 6.07 Å². The highest BCUT2D eigenvalue weighted by Crippen LogP contribution is 2.53. The number of carbonyl (C=O) groups excluding carboxylic acids is 1. The van der Waals surface area contributed by atoms with Gasteiger partial charge in [-0.2, -0.15) is 18.3 Å². The van der Waals surface area contributed by atoms with Gasteiger partial charge >= 0.3 is 12.2 Å². The van der Waals surface area contributed by atoms with E-state index in [2.05, 4.69) is 14.8 Å². The van der Waals surface area contributed by atoms with Gasteiger partial charge in [0, 0.05) is 18.5 Å². The lowest BCUT2D eigenvalue weighted by molar-refractivity contribution is -0.265. The molecule has 1 aromatic heterocycles. The maximum Gasteiger partial charge on any atom is 0.421 e. The minimum Gasteiger partial charge on any atom is -0.477 e. The summed E-state index contributed by atoms with van der Waals surface area (Å²) >= 11 is 0. The fourth-order valence-corrected chi connectivity index (χ4v) is 5.89. The number of alkyl halides is 3. The standard InChI is InChI=1S/C20H22F3N5O4S/c21-20(22,23)19(30)6-5-12-9-11-3-1-4-13(11)16(15(12)19)26-18(29)27-33(24,31)14-10-25-28-7-2-8-32-17(14)28/h9-10,30H,1-8H2,(H3,24,26,27,29,31)/t19-,33?/m1/s1. The maximum atomic E-state index is 13.8. The van der Waals surface area contributed by atoms with E-state index in [0.29, 0.717) is 50.0 Å². The Hall–Kier alpha value is -2.64. The lowest BCUT2D eigenvalue weighted by atomic mass is 9.90. The molecule has 178 valence electrons. The lowest BCUT2D eigenvalue weighted by Crippen LogP contribution is -2.41. The van der Waals surface area contributed by atoms with Crippen LogP contribution in [0.25, 0.3) is 0 Å². The summed E-state index contributed by atoms with van der Waals surface area (Å²) in [6.45, 7) is 0.883. The number of nitrogens with zero attached hydrogens (tertiary/aromatic N) is 3. The maximum absolute atomic E-state index is 13.8. The quantitative estimate of drug-likeness (QED) is 0.602. The van der Waals surface area contributed by atoms with Crippen molar-refractivity contribution in [2.75, 3.05) is 11.9 Å². The molecule has 0 saturated carbocycles. The average molecular weight is 485 g/mol. The number of rotatable bonds is 2. The Kier molecular flexibility index (Phi) is 4.99. The van der Waals surface area contributed by atoms with Gasteiger partial charge in [-0.3, -0.25) is 0 Å². The van der Waals surface area contributed by atoms with Gasteiger partial charge in [-0.05, 0) is 48.8 Å². The van der Waals surface area contributed by atoms with Gasteiger partial charge in [0.15, 0.2) is 15.5 Å². The van der Waals surface area contributed by atoms with E-state index in [1.165, 1.54) is 10.9 Å². The third-order valence-corrected chi connectivity index (χ3v) is 7.75. The second-order valence-electron chi connectivity index (χ2n) is 8.46. The summed E-state index contributed by atoms with van der Waals surface area (Å²) in [5.74, 6) is 0.151. The number of benzene rings is 1. The van der Waals surface area contributed by atoms with Gasteiger partial charge < -0.3 is 15.2 Å². The molecule has 1 aliphatic heterocycles. The van der Waals surface area contributed by atoms with Crippen LogP contribution in [0.1, 0.15) is 41.5 Å². The summed E-state index contributed by atoms with van der Waals surface area (Å²) in [5.41, 5.74) is -1.90. The van der Waals surface area contributed by atoms with Crippen molar-refractivity contribution in [3.63, 3.8) is 0 Å². The molecule has 3 aliphatic rings. The molecule has 2 aromatic rings. The number of carbonyl (C=O) groups is 1. The molecule has 33 heavy (non-hydrogen) atoms. The van der Waals surface area contributed by atoms with Crippen LogP contribution in [0.2, 0.25) is 0 Å². The Morgan fingerprint density at radius 3 is 2.85 bits per heavy atom. The van der Waals surface area contributed by atoms with Crippen LogP contribution in [0, 0.1) is 0 Å². The summed E-state index contributed by atoms with van der Waals surface area (Å²) in [5, 5.41) is 22.9. The first kappa shape index (κ1) is 22.2. The van der Waals surface area contributed by atoms with Crippen LogP contribution in [0.15, 0.2) is 21.5 Å². The number of hydrogen-bond donors (Lipinski definition) is 3. The molecule has 2 heterocycles. The molecule has 1 aromatic carbocycles. The second kappa shape index (κ2) is 7.43. The van der Waals surface area contributed by atoms with E-state index in [1.54, 1.807) is 6.07 Å². The number of halogens is 3. The Morgan fingerprint density at radius 1 is 1.30 bits per heavy atom. The third kappa shape index (κ3) is 3.49. The Bertz CT molecular complexity index is 1280. The van der Waals surface area contributed by atoms with Crippen molar-refractivity contribution in [1.82, 2.24) is 9.78 Å². The number of aliphatic hydroxyl groups is 1. The van der Waals surface area contributed by atoms with E-state index in [-0.39, 0.29) is 28.4 Å². The monoisotopic (exact) mass is 485 g/mol. The zero-order chi connectivity index (χ0) is 23.6. The minimum atomic E-state index is -4.93. The number of nitrogens with one attached hydrogen (secondary N) is 1. The van der Waals surface area contributed by atoms with Gasteiger partial charge in [0.1, 0.15) is 4.90 Å². The van der Waals surface area contributed by atoms with Crippen LogP contribution >= 0.6 is 0 Å². The first-order valence-electron chi connectivity index (χ1n) is 10.5.